The first kappa shape index (κ1) is 41.6. The minimum atomic E-state index is -1.15. The summed E-state index contributed by atoms with van der Waals surface area (Å²) in [4.78, 5) is 36.3. The van der Waals surface area contributed by atoms with Crippen molar-refractivity contribution in [1.82, 2.24) is 14.9 Å². The number of carboxylic acid groups (broad SMARTS) is 2. The average Bonchev–Trinajstić information content (AvgIpc) is 4.01. The van der Waals surface area contributed by atoms with Crippen molar-refractivity contribution in [1.29, 1.82) is 0 Å². The van der Waals surface area contributed by atoms with Crippen LogP contribution in [0.2, 0.25) is 0 Å². The van der Waals surface area contributed by atoms with Gasteiger partial charge < -0.3 is 34.3 Å². The Morgan fingerprint density at radius 1 is 0.768 bits per heavy atom. The fraction of sp³-hybridized carbons (Fsp3) is 0.524. The summed E-state index contributed by atoms with van der Waals surface area (Å²) < 4.78 is 24.1. The Morgan fingerprint density at radius 2 is 1.20 bits per heavy atom. The molecule has 0 spiro atoms. The lowest BCUT2D eigenvalue weighted by Crippen LogP contribution is -2.49. The Morgan fingerprint density at radius 3 is 1.59 bits per heavy atom. The summed E-state index contributed by atoms with van der Waals surface area (Å²) in [5.74, 6) is 3.90. The fourth-order valence-electron chi connectivity index (χ4n) is 7.52. The van der Waals surface area contributed by atoms with E-state index in [0.29, 0.717) is 60.9 Å². The van der Waals surface area contributed by atoms with E-state index < -0.39 is 22.7 Å². The van der Waals surface area contributed by atoms with Crippen molar-refractivity contribution in [3.63, 3.8) is 0 Å². The standard InChI is InChI=1S/C42H54N4O8S2/c1-27-35(44-37(53-27)31-11-3-4-12-31)17-21-51-33-15-7-9-29(23-33)25-55-39(41(47)48)46(20-19-43)40(42(49)50)56-26-30-10-8-16-34(24-30)52-22-18-36-28(2)54-38(45-36)32-13-5-6-14-32/h7-10,15-16,23-24,31-32,39-40H,3-6,11-14,17-22,25-26,43H2,1-2H3,(H,47,48)(H,49,50). The summed E-state index contributed by atoms with van der Waals surface area (Å²) in [7, 11) is 0. The van der Waals surface area contributed by atoms with Crippen LogP contribution in [0, 0.1) is 13.8 Å². The third-order valence-corrected chi connectivity index (χ3v) is 13.0. The summed E-state index contributed by atoms with van der Waals surface area (Å²) in [5.41, 5.74) is 9.46. The molecule has 2 aliphatic rings. The van der Waals surface area contributed by atoms with Crippen LogP contribution in [-0.2, 0) is 33.9 Å². The molecule has 0 amide bonds. The van der Waals surface area contributed by atoms with Gasteiger partial charge in [0.15, 0.2) is 22.5 Å². The minimum absolute atomic E-state index is 0.0914. The molecule has 2 heterocycles. The summed E-state index contributed by atoms with van der Waals surface area (Å²) in [6, 6.07) is 15.1. The average molecular weight is 807 g/mol. The maximum Gasteiger partial charge on any atom is 0.331 e. The van der Waals surface area contributed by atoms with E-state index in [1.807, 2.05) is 62.4 Å². The normalized spacial score (nSPS) is 16.1. The van der Waals surface area contributed by atoms with Crippen molar-refractivity contribution in [3.8, 4) is 11.5 Å². The van der Waals surface area contributed by atoms with Gasteiger partial charge in [-0.3, -0.25) is 4.90 Å². The van der Waals surface area contributed by atoms with E-state index in [1.165, 1.54) is 30.6 Å². The summed E-state index contributed by atoms with van der Waals surface area (Å²) in [5, 5.41) is 18.4. The van der Waals surface area contributed by atoms with Gasteiger partial charge in [-0.15, -0.1) is 23.5 Å². The van der Waals surface area contributed by atoms with Gasteiger partial charge in [0.05, 0.1) is 24.6 Å². The van der Waals surface area contributed by atoms with Gasteiger partial charge in [-0.2, -0.15) is 0 Å². The number of rotatable bonds is 22. The summed E-state index contributed by atoms with van der Waals surface area (Å²) in [6.45, 7) is 4.93. The Kier molecular flexibility index (Phi) is 15.2. The zero-order valence-electron chi connectivity index (χ0n) is 32.3. The molecule has 2 unspecified atom stereocenters. The van der Waals surface area contributed by atoms with Crippen LogP contribution in [-0.4, -0.2) is 74.1 Å². The fourth-order valence-corrected chi connectivity index (χ4v) is 9.77. The first-order chi connectivity index (χ1) is 27.2. The second-order valence-electron chi connectivity index (χ2n) is 14.6. The van der Waals surface area contributed by atoms with E-state index in [2.05, 4.69) is 0 Å². The molecular weight excluding hydrogens is 753 g/mol. The number of ether oxygens (including phenoxy) is 2. The van der Waals surface area contributed by atoms with Crippen LogP contribution >= 0.6 is 23.5 Å². The molecule has 4 N–H and O–H groups in total. The number of carboxylic acids is 2. The molecule has 302 valence electrons. The lowest BCUT2D eigenvalue weighted by atomic mass is 10.1. The second-order valence-corrected chi connectivity index (χ2v) is 16.7. The number of nitrogens with zero attached hydrogens (tertiary/aromatic N) is 3. The predicted octanol–water partition coefficient (Wildman–Crippen LogP) is 8.09. The Balaban J connectivity index is 1.01. The van der Waals surface area contributed by atoms with Gasteiger partial charge in [0, 0.05) is 49.3 Å². The number of hydrogen-bond donors (Lipinski definition) is 3. The molecule has 2 aromatic heterocycles. The largest absolute Gasteiger partial charge is 0.493 e. The molecule has 12 nitrogen and oxygen atoms in total. The van der Waals surface area contributed by atoms with Crippen molar-refractivity contribution < 1.29 is 38.1 Å². The quantitative estimate of drug-likeness (QED) is 0.0650. The number of aryl methyl sites for hydroxylation is 2. The third kappa shape index (κ3) is 11.3. The molecule has 4 aromatic rings. The molecule has 2 atom stereocenters. The number of oxazole rings is 2. The van der Waals surface area contributed by atoms with Crippen molar-refractivity contribution in [2.24, 2.45) is 5.73 Å². The molecule has 2 aliphatic carbocycles. The van der Waals surface area contributed by atoms with E-state index in [-0.39, 0.29) is 13.1 Å². The van der Waals surface area contributed by atoms with Crippen LogP contribution in [0.5, 0.6) is 11.5 Å². The topological polar surface area (TPSA) is 174 Å². The van der Waals surface area contributed by atoms with Gasteiger partial charge in [-0.1, -0.05) is 49.9 Å². The first-order valence-corrected chi connectivity index (χ1v) is 21.8. The highest BCUT2D eigenvalue weighted by Gasteiger charge is 2.36. The zero-order chi connectivity index (χ0) is 39.4. The predicted molar refractivity (Wildman–Crippen MR) is 217 cm³/mol. The molecule has 0 aliphatic heterocycles. The van der Waals surface area contributed by atoms with E-state index in [4.69, 9.17) is 34.0 Å². The highest BCUT2D eigenvalue weighted by atomic mass is 32.2. The van der Waals surface area contributed by atoms with Gasteiger partial charge in [0.2, 0.25) is 0 Å². The first-order valence-electron chi connectivity index (χ1n) is 19.7. The highest BCUT2D eigenvalue weighted by Crippen LogP contribution is 2.36. The van der Waals surface area contributed by atoms with Gasteiger partial charge in [0.1, 0.15) is 23.0 Å². The van der Waals surface area contributed by atoms with Crippen LogP contribution < -0.4 is 15.2 Å². The van der Waals surface area contributed by atoms with Crippen molar-refractivity contribution in [2.45, 2.75) is 112 Å². The molecule has 0 bridgehead atoms. The van der Waals surface area contributed by atoms with Gasteiger partial charge in [-0.05, 0) is 74.9 Å². The Bertz CT molecular complexity index is 1760. The summed E-state index contributed by atoms with van der Waals surface area (Å²) >= 11 is 2.30. The molecule has 56 heavy (non-hydrogen) atoms. The Hall–Kier alpha value is -3.98. The number of nitrogens with two attached hydrogens (primary N) is 1. The number of benzene rings is 2. The van der Waals surface area contributed by atoms with E-state index in [1.54, 1.807) is 0 Å². The van der Waals surface area contributed by atoms with E-state index >= 15 is 0 Å². The van der Waals surface area contributed by atoms with Crippen LogP contribution in [0.15, 0.2) is 57.4 Å². The van der Waals surface area contributed by atoms with Crippen LogP contribution in [0.25, 0.3) is 0 Å². The molecule has 2 saturated carbocycles. The lowest BCUT2D eigenvalue weighted by Gasteiger charge is -2.32. The maximum atomic E-state index is 12.7. The van der Waals surface area contributed by atoms with E-state index in [9.17, 15) is 19.8 Å². The molecule has 2 fully saturated rings. The molecule has 6 rings (SSSR count). The third-order valence-electron chi connectivity index (χ3n) is 10.5. The second kappa shape index (κ2) is 20.4. The van der Waals surface area contributed by atoms with Gasteiger partial charge >= 0.3 is 11.9 Å². The molecule has 0 saturated heterocycles. The lowest BCUT2D eigenvalue weighted by molar-refractivity contribution is -0.144. The van der Waals surface area contributed by atoms with Crippen molar-refractivity contribution in [2.75, 3.05) is 26.3 Å². The molecular formula is C42H54N4O8S2. The number of hydrogen-bond acceptors (Lipinski definition) is 12. The van der Waals surface area contributed by atoms with Gasteiger partial charge in [0.25, 0.3) is 0 Å². The number of aliphatic carboxylic acids is 2. The Labute approximate surface area is 337 Å². The monoisotopic (exact) mass is 806 g/mol. The molecule has 14 heteroatoms. The van der Waals surface area contributed by atoms with Crippen molar-refractivity contribution >= 4 is 35.5 Å². The maximum absolute atomic E-state index is 12.7. The zero-order valence-corrected chi connectivity index (χ0v) is 34.0. The highest BCUT2D eigenvalue weighted by molar-refractivity contribution is 8.00. The molecule has 0 radical (unpaired) electrons. The SMILES string of the molecule is Cc1oc(C2CCCC2)nc1CCOc1cccc(CSC(C(=O)O)N(CCN)C(SCc2cccc(OCCc3nc(C4CCCC4)oc3C)c2)C(=O)O)c1. The van der Waals surface area contributed by atoms with Gasteiger partial charge in [-0.25, -0.2) is 19.6 Å². The minimum Gasteiger partial charge on any atom is -0.493 e. The number of thioether (sulfide) groups is 2. The van der Waals surface area contributed by atoms with Crippen LogP contribution in [0.1, 0.15) is 109 Å². The van der Waals surface area contributed by atoms with Crippen molar-refractivity contribution in [3.05, 3.63) is 94.3 Å². The summed E-state index contributed by atoms with van der Waals surface area (Å²) in [6.07, 6.45) is 10.6. The number of carbonyl (C=O) groups is 2. The number of aromatic nitrogens is 2. The molecule has 2 aromatic carbocycles. The smallest absolute Gasteiger partial charge is 0.331 e. The van der Waals surface area contributed by atoms with Crippen LogP contribution in [0.4, 0.5) is 0 Å². The van der Waals surface area contributed by atoms with Crippen LogP contribution in [0.3, 0.4) is 0 Å². The van der Waals surface area contributed by atoms with E-state index in [0.717, 1.165) is 95.0 Å².